The van der Waals surface area contributed by atoms with E-state index in [2.05, 4.69) is 23.2 Å². The molecule has 0 spiro atoms. The molecule has 2 nitrogen and oxygen atoms in total. The zero-order chi connectivity index (χ0) is 13.8. The maximum absolute atomic E-state index is 6.29. The summed E-state index contributed by atoms with van der Waals surface area (Å²) in [5.41, 5.74) is 2.24. The Balaban J connectivity index is 2.01. The van der Waals surface area contributed by atoms with Crippen LogP contribution in [-0.2, 0) is 0 Å². The lowest BCUT2D eigenvalue weighted by Crippen LogP contribution is -2.22. The molecule has 1 aromatic carbocycles. The maximum atomic E-state index is 6.29. The monoisotopic (exact) mass is 280 g/mol. The minimum absolute atomic E-state index is 0.803. The summed E-state index contributed by atoms with van der Waals surface area (Å²) >= 11 is 6.29. The van der Waals surface area contributed by atoms with Crippen molar-refractivity contribution in [1.82, 2.24) is 0 Å². The van der Waals surface area contributed by atoms with Crippen molar-refractivity contribution in [2.75, 3.05) is 30.9 Å². The predicted molar refractivity (Wildman–Crippen MR) is 85.4 cm³/mol. The molecule has 1 aliphatic rings. The standard InChI is InChI=1S/C16H25ClN2/c1-12-6-4-7-13(10-12)11-18-15-9-5-8-14(17)16(15)19(2)3/h5,8-9,12-13,18H,4,6-7,10-11H2,1-3H3. The van der Waals surface area contributed by atoms with Gasteiger partial charge < -0.3 is 10.2 Å². The molecule has 0 radical (unpaired) electrons. The van der Waals surface area contributed by atoms with Gasteiger partial charge in [-0.05, 0) is 36.8 Å². The van der Waals surface area contributed by atoms with Gasteiger partial charge in [0.2, 0.25) is 0 Å². The van der Waals surface area contributed by atoms with Gasteiger partial charge in [-0.2, -0.15) is 0 Å². The average Bonchev–Trinajstić information content (AvgIpc) is 2.36. The van der Waals surface area contributed by atoms with Crippen molar-refractivity contribution in [2.45, 2.75) is 32.6 Å². The van der Waals surface area contributed by atoms with Gasteiger partial charge in [-0.25, -0.2) is 0 Å². The van der Waals surface area contributed by atoms with Crippen molar-refractivity contribution in [3.63, 3.8) is 0 Å². The number of hydrogen-bond acceptors (Lipinski definition) is 2. The van der Waals surface area contributed by atoms with E-state index in [9.17, 15) is 0 Å². The Morgan fingerprint density at radius 3 is 2.79 bits per heavy atom. The molecule has 2 unspecified atom stereocenters. The van der Waals surface area contributed by atoms with Crippen LogP contribution in [0.3, 0.4) is 0 Å². The average molecular weight is 281 g/mol. The fourth-order valence-corrected chi connectivity index (χ4v) is 3.46. The van der Waals surface area contributed by atoms with Gasteiger partial charge in [0.05, 0.1) is 16.4 Å². The van der Waals surface area contributed by atoms with Crippen LogP contribution in [0.15, 0.2) is 18.2 Å². The molecule has 0 amide bonds. The number of hydrogen-bond donors (Lipinski definition) is 1. The predicted octanol–water partition coefficient (Wildman–Crippen LogP) is 4.64. The number of halogens is 1. The van der Waals surface area contributed by atoms with Crippen LogP contribution in [0.2, 0.25) is 5.02 Å². The van der Waals surface area contributed by atoms with Gasteiger partial charge in [-0.15, -0.1) is 0 Å². The molecule has 1 N–H and O–H groups in total. The molecule has 0 aromatic heterocycles. The first-order chi connectivity index (χ1) is 9.08. The third kappa shape index (κ3) is 3.79. The van der Waals surface area contributed by atoms with Crippen molar-refractivity contribution in [1.29, 1.82) is 0 Å². The fourth-order valence-electron chi connectivity index (χ4n) is 3.11. The van der Waals surface area contributed by atoms with E-state index in [0.717, 1.165) is 34.8 Å². The highest BCUT2D eigenvalue weighted by atomic mass is 35.5. The van der Waals surface area contributed by atoms with Crippen LogP contribution in [-0.4, -0.2) is 20.6 Å². The molecule has 19 heavy (non-hydrogen) atoms. The summed E-state index contributed by atoms with van der Waals surface area (Å²) in [6.45, 7) is 3.43. The molecule has 1 aromatic rings. The second-order valence-electron chi connectivity index (χ2n) is 6.05. The molecule has 0 bridgehead atoms. The number of benzene rings is 1. The quantitative estimate of drug-likeness (QED) is 0.864. The van der Waals surface area contributed by atoms with Crippen molar-refractivity contribution in [3.8, 4) is 0 Å². The number of rotatable bonds is 4. The lowest BCUT2D eigenvalue weighted by atomic mass is 9.82. The number of anilines is 2. The van der Waals surface area contributed by atoms with E-state index in [1.54, 1.807) is 0 Å². The molecule has 1 aliphatic carbocycles. The van der Waals surface area contributed by atoms with Gasteiger partial charge in [-0.1, -0.05) is 37.4 Å². The highest BCUT2D eigenvalue weighted by Gasteiger charge is 2.19. The molecule has 3 heteroatoms. The lowest BCUT2D eigenvalue weighted by molar-refractivity contribution is 0.293. The molecule has 2 rings (SSSR count). The molecule has 1 fully saturated rings. The third-order valence-corrected chi connectivity index (χ3v) is 4.37. The molecule has 0 heterocycles. The van der Waals surface area contributed by atoms with E-state index in [1.165, 1.54) is 25.7 Å². The lowest BCUT2D eigenvalue weighted by Gasteiger charge is -2.28. The van der Waals surface area contributed by atoms with Crippen LogP contribution < -0.4 is 10.2 Å². The van der Waals surface area contributed by atoms with Crippen molar-refractivity contribution in [3.05, 3.63) is 23.2 Å². The van der Waals surface area contributed by atoms with Crippen LogP contribution in [0.4, 0.5) is 11.4 Å². The Morgan fingerprint density at radius 2 is 2.11 bits per heavy atom. The minimum atomic E-state index is 0.803. The van der Waals surface area contributed by atoms with Crippen LogP contribution in [0, 0.1) is 11.8 Å². The summed E-state index contributed by atoms with van der Waals surface area (Å²) in [7, 11) is 4.07. The van der Waals surface area contributed by atoms with Crippen LogP contribution >= 0.6 is 11.6 Å². The maximum Gasteiger partial charge on any atom is 0.0786 e. The van der Waals surface area contributed by atoms with Gasteiger partial charge in [-0.3, -0.25) is 0 Å². The second kappa shape index (κ2) is 6.51. The summed E-state index contributed by atoms with van der Waals surface area (Å²) in [5, 5.41) is 4.41. The minimum Gasteiger partial charge on any atom is -0.383 e. The van der Waals surface area contributed by atoms with E-state index in [-0.39, 0.29) is 0 Å². The third-order valence-electron chi connectivity index (χ3n) is 4.06. The highest BCUT2D eigenvalue weighted by Crippen LogP contribution is 2.34. The van der Waals surface area contributed by atoms with Gasteiger partial charge in [0.1, 0.15) is 0 Å². The first-order valence-electron chi connectivity index (χ1n) is 7.27. The van der Waals surface area contributed by atoms with Crippen LogP contribution in [0.5, 0.6) is 0 Å². The highest BCUT2D eigenvalue weighted by molar-refractivity contribution is 6.34. The van der Waals surface area contributed by atoms with E-state index in [1.807, 2.05) is 26.2 Å². The smallest absolute Gasteiger partial charge is 0.0786 e. The van der Waals surface area contributed by atoms with E-state index < -0.39 is 0 Å². The molecular weight excluding hydrogens is 256 g/mol. The number of para-hydroxylation sites is 1. The Hall–Kier alpha value is -0.890. The summed E-state index contributed by atoms with van der Waals surface area (Å²) < 4.78 is 0. The topological polar surface area (TPSA) is 15.3 Å². The van der Waals surface area contributed by atoms with E-state index in [0.29, 0.717) is 0 Å². The van der Waals surface area contributed by atoms with Crippen LogP contribution in [0.1, 0.15) is 32.6 Å². The molecule has 106 valence electrons. The zero-order valence-corrected chi connectivity index (χ0v) is 13.0. The molecule has 0 aliphatic heterocycles. The summed E-state index contributed by atoms with van der Waals surface area (Å²) in [6, 6.07) is 6.08. The van der Waals surface area contributed by atoms with E-state index in [4.69, 9.17) is 11.6 Å². The SMILES string of the molecule is CC1CCCC(CNc2cccc(Cl)c2N(C)C)C1. The van der Waals surface area contributed by atoms with Crippen LogP contribution in [0.25, 0.3) is 0 Å². The fraction of sp³-hybridized carbons (Fsp3) is 0.625. The van der Waals surface area contributed by atoms with Gasteiger partial charge in [0, 0.05) is 20.6 Å². The van der Waals surface area contributed by atoms with Gasteiger partial charge >= 0.3 is 0 Å². The molecule has 1 saturated carbocycles. The Kier molecular flexibility index (Phi) is 4.98. The molecule has 0 saturated heterocycles. The second-order valence-corrected chi connectivity index (χ2v) is 6.46. The van der Waals surface area contributed by atoms with Crippen molar-refractivity contribution < 1.29 is 0 Å². The van der Waals surface area contributed by atoms with Gasteiger partial charge in [0.15, 0.2) is 0 Å². The molecule has 2 atom stereocenters. The van der Waals surface area contributed by atoms with Crippen molar-refractivity contribution in [2.24, 2.45) is 11.8 Å². The summed E-state index contributed by atoms with van der Waals surface area (Å²) in [6.07, 6.45) is 5.49. The number of nitrogens with one attached hydrogen (secondary N) is 1. The zero-order valence-electron chi connectivity index (χ0n) is 12.2. The van der Waals surface area contributed by atoms with Crippen molar-refractivity contribution >= 4 is 23.0 Å². The largest absolute Gasteiger partial charge is 0.383 e. The first kappa shape index (κ1) is 14.5. The first-order valence-corrected chi connectivity index (χ1v) is 7.65. The summed E-state index contributed by atoms with van der Waals surface area (Å²) in [4.78, 5) is 2.08. The Bertz CT molecular complexity index is 417. The summed E-state index contributed by atoms with van der Waals surface area (Å²) in [5.74, 6) is 1.69. The normalized spacial score (nSPS) is 23.2. The van der Waals surface area contributed by atoms with E-state index >= 15 is 0 Å². The molecular formula is C16H25ClN2. The van der Waals surface area contributed by atoms with Gasteiger partial charge in [0.25, 0.3) is 0 Å². The Morgan fingerprint density at radius 1 is 1.32 bits per heavy atom. The Labute approximate surface area is 122 Å². The number of nitrogens with zero attached hydrogens (tertiary/aromatic N) is 1.